The molecule has 0 aliphatic rings. The molecule has 4 rings (SSSR count). The summed E-state index contributed by atoms with van der Waals surface area (Å²) in [6, 6.07) is 29.6. The van der Waals surface area contributed by atoms with Gasteiger partial charge in [0.2, 0.25) is 0 Å². The van der Waals surface area contributed by atoms with Crippen LogP contribution < -0.4 is 5.19 Å². The first-order valence-electron chi connectivity index (χ1n) is 21.9. The molecule has 4 aromatic rings. The second-order valence-corrected chi connectivity index (χ2v) is 22.8. The molecule has 0 aromatic heterocycles. The molecule has 0 N–H and O–H groups in total. The van der Waals surface area contributed by atoms with E-state index in [4.69, 9.17) is 0 Å². The summed E-state index contributed by atoms with van der Waals surface area (Å²) >= 11 is 4.00. The summed E-state index contributed by atoms with van der Waals surface area (Å²) in [5.74, 6) is 0. The lowest BCUT2D eigenvalue weighted by atomic mass is 9.86. The van der Waals surface area contributed by atoms with E-state index in [9.17, 15) is 0 Å². The monoisotopic (exact) mass is 792 g/mol. The Morgan fingerprint density at radius 1 is 0.377 bits per heavy atom. The number of unbranched alkanes of at least 4 members (excludes halogenated alkanes) is 12. The van der Waals surface area contributed by atoms with E-state index in [0.717, 1.165) is 25.7 Å². The van der Waals surface area contributed by atoms with Gasteiger partial charge < -0.3 is 0 Å². The summed E-state index contributed by atoms with van der Waals surface area (Å²) in [6.45, 7) is 16.6. The highest BCUT2D eigenvalue weighted by Crippen LogP contribution is 2.37. The highest BCUT2D eigenvalue weighted by Gasteiger charge is 2.18. The van der Waals surface area contributed by atoms with Crippen LogP contribution in [-0.2, 0) is 25.7 Å². The standard InChI is InChI=1S/C51H73BrSi/c1-8-12-16-20-24-43-37-49(42-32-34-47(35-33-42)53(5,6)7)44(25-21-17-13-9-2)36-48(43)40-28-30-41(31-29-40)50-38-46(27-23-19-15-11-4)51(52)39-45(50)26-22-18-14-10-3/h28-39H,8-27H2,1-7H3. The molecular formula is C51H73BrSi. The van der Waals surface area contributed by atoms with E-state index in [1.54, 1.807) is 5.19 Å². The lowest BCUT2D eigenvalue weighted by molar-refractivity contribution is 0.663. The molecule has 2 heteroatoms. The predicted octanol–water partition coefficient (Wildman–Crippen LogP) is 16.5. The number of benzene rings is 4. The number of rotatable bonds is 24. The molecule has 0 heterocycles. The third-order valence-electron chi connectivity index (χ3n) is 11.4. The van der Waals surface area contributed by atoms with Crippen molar-refractivity contribution < 1.29 is 0 Å². The summed E-state index contributed by atoms with van der Waals surface area (Å²) in [6.07, 6.45) is 25.3. The zero-order chi connectivity index (χ0) is 38.1. The van der Waals surface area contributed by atoms with Gasteiger partial charge in [0.1, 0.15) is 0 Å². The highest BCUT2D eigenvalue weighted by molar-refractivity contribution is 9.10. The molecule has 0 saturated carbocycles. The van der Waals surface area contributed by atoms with Gasteiger partial charge in [-0.25, -0.2) is 0 Å². The zero-order valence-electron chi connectivity index (χ0n) is 34.9. The van der Waals surface area contributed by atoms with Crippen LogP contribution in [0.1, 0.15) is 153 Å². The van der Waals surface area contributed by atoms with Gasteiger partial charge in [0, 0.05) is 4.47 Å². The number of halogens is 1. The van der Waals surface area contributed by atoms with Crippen LogP contribution in [0.25, 0.3) is 33.4 Å². The highest BCUT2D eigenvalue weighted by atomic mass is 79.9. The second-order valence-electron chi connectivity index (χ2n) is 16.9. The van der Waals surface area contributed by atoms with Crippen LogP contribution in [0, 0.1) is 0 Å². The minimum absolute atomic E-state index is 1.14. The van der Waals surface area contributed by atoms with Crippen LogP contribution in [0.2, 0.25) is 19.6 Å². The lowest BCUT2D eigenvalue weighted by Gasteiger charge is -2.20. The van der Waals surface area contributed by atoms with Crippen LogP contribution in [-0.4, -0.2) is 8.07 Å². The molecule has 4 aromatic carbocycles. The van der Waals surface area contributed by atoms with Gasteiger partial charge in [-0.3, -0.25) is 0 Å². The largest absolute Gasteiger partial charge is 0.0775 e. The van der Waals surface area contributed by atoms with E-state index in [0.29, 0.717) is 0 Å². The molecule has 0 nitrogen and oxygen atoms in total. The zero-order valence-corrected chi connectivity index (χ0v) is 37.5. The van der Waals surface area contributed by atoms with Gasteiger partial charge in [0.15, 0.2) is 0 Å². The molecule has 0 spiro atoms. The summed E-state index contributed by atoms with van der Waals surface area (Å²) in [5, 5.41) is 1.54. The van der Waals surface area contributed by atoms with Crippen LogP contribution in [0.3, 0.4) is 0 Å². The number of aryl methyl sites for hydroxylation is 4. The molecule has 0 radical (unpaired) electrons. The van der Waals surface area contributed by atoms with E-state index in [-0.39, 0.29) is 0 Å². The van der Waals surface area contributed by atoms with Crippen LogP contribution in [0.5, 0.6) is 0 Å². The maximum absolute atomic E-state index is 4.00. The van der Waals surface area contributed by atoms with E-state index in [1.165, 1.54) is 163 Å². The van der Waals surface area contributed by atoms with E-state index in [1.807, 2.05) is 0 Å². The Kier molecular flexibility index (Phi) is 18.7. The molecule has 0 saturated heterocycles. The maximum atomic E-state index is 4.00. The van der Waals surface area contributed by atoms with Crippen molar-refractivity contribution in [2.24, 2.45) is 0 Å². The molecule has 0 atom stereocenters. The normalized spacial score (nSPS) is 11.8. The fourth-order valence-electron chi connectivity index (χ4n) is 7.91. The van der Waals surface area contributed by atoms with Gasteiger partial charge in [-0.1, -0.05) is 206 Å². The third-order valence-corrected chi connectivity index (χ3v) is 14.2. The van der Waals surface area contributed by atoms with Crippen molar-refractivity contribution in [1.29, 1.82) is 0 Å². The van der Waals surface area contributed by atoms with Crippen molar-refractivity contribution in [3.05, 3.63) is 99.5 Å². The third kappa shape index (κ3) is 13.4. The molecule has 0 fully saturated rings. The van der Waals surface area contributed by atoms with Gasteiger partial charge in [-0.05, 0) is 119 Å². The van der Waals surface area contributed by atoms with Gasteiger partial charge in [0.25, 0.3) is 0 Å². The predicted molar refractivity (Wildman–Crippen MR) is 245 cm³/mol. The molecule has 0 aliphatic carbocycles. The van der Waals surface area contributed by atoms with Crippen molar-refractivity contribution >= 4 is 29.2 Å². The van der Waals surface area contributed by atoms with Crippen LogP contribution in [0.15, 0.2) is 77.3 Å². The van der Waals surface area contributed by atoms with E-state index < -0.39 is 8.07 Å². The molecule has 0 aliphatic heterocycles. The summed E-state index contributed by atoms with van der Waals surface area (Å²) in [5.41, 5.74) is 14.5. The average Bonchev–Trinajstić information content (AvgIpc) is 3.16. The molecule has 53 heavy (non-hydrogen) atoms. The Morgan fingerprint density at radius 2 is 0.679 bits per heavy atom. The summed E-state index contributed by atoms with van der Waals surface area (Å²) < 4.78 is 1.30. The molecule has 0 unspecified atom stereocenters. The molecular weight excluding hydrogens is 721 g/mol. The first-order chi connectivity index (χ1) is 25.7. The van der Waals surface area contributed by atoms with Crippen molar-refractivity contribution in [3.63, 3.8) is 0 Å². The average molecular weight is 794 g/mol. The summed E-state index contributed by atoms with van der Waals surface area (Å²) in [7, 11) is -1.35. The SMILES string of the molecule is CCCCCCc1cc(-c2ccc(-c3cc(CCCCCC)c(-c4ccc([Si](C)(C)C)cc4)cc3CCCCCC)cc2)c(CCCCCC)cc1Br. The molecule has 288 valence electrons. The fourth-order valence-corrected chi connectivity index (χ4v) is 9.67. The van der Waals surface area contributed by atoms with Gasteiger partial charge in [0.05, 0.1) is 8.07 Å². The maximum Gasteiger partial charge on any atom is 0.0775 e. The molecule has 0 bridgehead atoms. The van der Waals surface area contributed by atoms with Gasteiger partial charge in [-0.15, -0.1) is 0 Å². The van der Waals surface area contributed by atoms with Crippen molar-refractivity contribution in [3.8, 4) is 33.4 Å². The first kappa shape index (κ1) is 43.3. The Hall–Kier alpha value is -2.42. The van der Waals surface area contributed by atoms with Crippen molar-refractivity contribution in [2.45, 2.75) is 176 Å². The number of hydrogen-bond donors (Lipinski definition) is 0. The van der Waals surface area contributed by atoms with Crippen LogP contribution in [0.4, 0.5) is 0 Å². The summed E-state index contributed by atoms with van der Waals surface area (Å²) in [4.78, 5) is 0. The topological polar surface area (TPSA) is 0 Å². The second kappa shape index (κ2) is 22.8. The first-order valence-corrected chi connectivity index (χ1v) is 26.2. The Morgan fingerprint density at radius 3 is 1.02 bits per heavy atom. The number of hydrogen-bond acceptors (Lipinski definition) is 0. The fraction of sp³-hybridized carbons (Fsp3) is 0.529. The van der Waals surface area contributed by atoms with Gasteiger partial charge >= 0.3 is 0 Å². The van der Waals surface area contributed by atoms with Crippen molar-refractivity contribution in [1.82, 2.24) is 0 Å². The Bertz CT molecular complexity index is 1640. The quantitative estimate of drug-likeness (QED) is 0.0490. The van der Waals surface area contributed by atoms with Crippen LogP contribution >= 0.6 is 15.9 Å². The minimum atomic E-state index is -1.35. The smallest absolute Gasteiger partial charge is 0.0656 e. The minimum Gasteiger partial charge on any atom is -0.0656 e. The Labute approximate surface area is 336 Å². The molecule has 0 amide bonds. The van der Waals surface area contributed by atoms with Gasteiger partial charge in [-0.2, -0.15) is 0 Å². The van der Waals surface area contributed by atoms with E-state index >= 15 is 0 Å². The van der Waals surface area contributed by atoms with E-state index in [2.05, 4.69) is 136 Å². The Balaban J connectivity index is 1.76. The lowest BCUT2D eigenvalue weighted by Crippen LogP contribution is -2.37. The van der Waals surface area contributed by atoms with Crippen molar-refractivity contribution in [2.75, 3.05) is 0 Å².